The number of nitrogens with one attached hydrogen (secondary N) is 1. The van der Waals surface area contributed by atoms with Gasteiger partial charge in [-0.3, -0.25) is 4.79 Å². The average molecular weight is 430 g/mol. The second-order valence-corrected chi connectivity index (χ2v) is 10.3. The van der Waals surface area contributed by atoms with E-state index in [0.29, 0.717) is 12.5 Å². The third kappa shape index (κ3) is 5.61. The first kappa shape index (κ1) is 22.3. The minimum atomic E-state index is -3.69. The number of anilines is 1. The fourth-order valence-corrected chi connectivity index (χ4v) is 4.81. The molecule has 7 heteroatoms. The Balaban J connectivity index is 1.52. The molecule has 3 rings (SSSR count). The Morgan fingerprint density at radius 2 is 1.80 bits per heavy atom. The predicted octanol–water partition coefficient (Wildman–Crippen LogP) is 3.17. The van der Waals surface area contributed by atoms with E-state index in [0.717, 1.165) is 28.5 Å². The molecule has 2 aromatic carbocycles. The van der Waals surface area contributed by atoms with E-state index >= 15 is 0 Å². The minimum Gasteiger partial charge on any atom is -0.371 e. The summed E-state index contributed by atoms with van der Waals surface area (Å²) in [5.74, 6) is 0.382. The van der Waals surface area contributed by atoms with Gasteiger partial charge in [0.1, 0.15) is 0 Å². The van der Waals surface area contributed by atoms with Crippen LogP contribution in [0.5, 0.6) is 0 Å². The topological polar surface area (TPSA) is 69.7 Å². The smallest absolute Gasteiger partial charge is 0.243 e. The quantitative estimate of drug-likeness (QED) is 0.734. The fraction of sp³-hybridized carbons (Fsp3) is 0.435. The lowest BCUT2D eigenvalue weighted by Crippen LogP contribution is -2.38. The van der Waals surface area contributed by atoms with Crippen LogP contribution in [0.1, 0.15) is 30.9 Å². The van der Waals surface area contributed by atoms with Crippen molar-refractivity contribution in [1.82, 2.24) is 9.62 Å². The molecule has 6 nitrogen and oxygen atoms in total. The van der Waals surface area contributed by atoms with Gasteiger partial charge in [-0.1, -0.05) is 36.8 Å². The average Bonchev–Trinajstić information content (AvgIpc) is 2.73. The van der Waals surface area contributed by atoms with E-state index < -0.39 is 10.0 Å². The van der Waals surface area contributed by atoms with Gasteiger partial charge in [0.15, 0.2) is 0 Å². The molecular formula is C23H31N3O3S. The van der Waals surface area contributed by atoms with Crippen LogP contribution >= 0.6 is 0 Å². The first-order chi connectivity index (χ1) is 14.3. The van der Waals surface area contributed by atoms with Crippen molar-refractivity contribution in [3.8, 4) is 0 Å². The van der Waals surface area contributed by atoms with Crippen molar-refractivity contribution in [2.75, 3.05) is 31.6 Å². The summed E-state index contributed by atoms with van der Waals surface area (Å²) in [6.45, 7) is 6.49. The normalized spacial score (nSPS) is 17.2. The number of sulfonamides is 1. The van der Waals surface area contributed by atoms with Gasteiger partial charge in [-0.15, -0.1) is 0 Å². The lowest BCUT2D eigenvalue weighted by atomic mass is 9.99. The van der Waals surface area contributed by atoms with Crippen molar-refractivity contribution in [2.45, 2.75) is 38.1 Å². The van der Waals surface area contributed by atoms with Gasteiger partial charge < -0.3 is 10.2 Å². The monoisotopic (exact) mass is 429 g/mol. The van der Waals surface area contributed by atoms with Crippen molar-refractivity contribution in [3.63, 3.8) is 0 Å². The fourth-order valence-electron chi connectivity index (χ4n) is 3.68. The number of carbonyl (C=O) groups is 1. The van der Waals surface area contributed by atoms with Crippen molar-refractivity contribution < 1.29 is 13.2 Å². The standard InChI is InChI=1S/C23H31N3O3S/c1-18-6-12-22(13-7-18)30(28,29)25(3)17-23(27)24-15-20-8-10-21(11-9-20)26-14-4-5-19(2)16-26/h6-13,19H,4-5,14-17H2,1-3H3,(H,24,27)/t19-/m0/s1. The molecule has 0 aromatic heterocycles. The lowest BCUT2D eigenvalue weighted by Gasteiger charge is -2.32. The van der Waals surface area contributed by atoms with E-state index in [1.54, 1.807) is 24.3 Å². The zero-order valence-electron chi connectivity index (χ0n) is 18.0. The number of hydrogen-bond acceptors (Lipinski definition) is 4. The van der Waals surface area contributed by atoms with E-state index in [-0.39, 0.29) is 17.3 Å². The Bertz CT molecular complexity index is 956. The Kier molecular flexibility index (Phi) is 7.15. The molecule has 1 fully saturated rings. The van der Waals surface area contributed by atoms with Gasteiger partial charge in [0.25, 0.3) is 0 Å². The van der Waals surface area contributed by atoms with Gasteiger partial charge >= 0.3 is 0 Å². The van der Waals surface area contributed by atoms with Crippen LogP contribution in [0, 0.1) is 12.8 Å². The minimum absolute atomic E-state index is 0.186. The first-order valence-electron chi connectivity index (χ1n) is 10.4. The molecule has 1 heterocycles. The molecule has 0 spiro atoms. The largest absolute Gasteiger partial charge is 0.371 e. The van der Waals surface area contributed by atoms with Gasteiger partial charge in [-0.05, 0) is 55.5 Å². The second-order valence-electron chi connectivity index (χ2n) is 8.21. The molecule has 1 N–H and O–H groups in total. The Labute approximate surface area is 179 Å². The number of rotatable bonds is 7. The predicted molar refractivity (Wildman–Crippen MR) is 120 cm³/mol. The highest BCUT2D eigenvalue weighted by Crippen LogP contribution is 2.23. The maximum absolute atomic E-state index is 12.6. The summed E-state index contributed by atoms with van der Waals surface area (Å²) >= 11 is 0. The maximum atomic E-state index is 12.6. The zero-order valence-corrected chi connectivity index (χ0v) is 18.8. The molecular weight excluding hydrogens is 398 g/mol. The molecule has 162 valence electrons. The van der Waals surface area contributed by atoms with Crippen molar-refractivity contribution in [2.24, 2.45) is 5.92 Å². The summed E-state index contributed by atoms with van der Waals surface area (Å²) in [6.07, 6.45) is 2.51. The molecule has 0 radical (unpaired) electrons. The highest BCUT2D eigenvalue weighted by Gasteiger charge is 2.22. The number of carbonyl (C=O) groups excluding carboxylic acids is 1. The highest BCUT2D eigenvalue weighted by molar-refractivity contribution is 7.89. The van der Waals surface area contributed by atoms with Crippen LogP contribution in [0.3, 0.4) is 0 Å². The number of hydrogen-bond donors (Lipinski definition) is 1. The third-order valence-corrected chi connectivity index (χ3v) is 7.36. The van der Waals surface area contributed by atoms with Gasteiger partial charge in [-0.25, -0.2) is 8.42 Å². The molecule has 1 amide bonds. The van der Waals surface area contributed by atoms with Gasteiger partial charge in [-0.2, -0.15) is 4.31 Å². The maximum Gasteiger partial charge on any atom is 0.243 e. The molecule has 1 saturated heterocycles. The molecule has 2 aromatic rings. The number of aryl methyl sites for hydroxylation is 1. The second kappa shape index (κ2) is 9.62. The summed E-state index contributed by atoms with van der Waals surface area (Å²) in [7, 11) is -2.27. The lowest BCUT2D eigenvalue weighted by molar-refractivity contribution is -0.121. The van der Waals surface area contributed by atoms with Crippen molar-refractivity contribution in [3.05, 3.63) is 59.7 Å². The molecule has 1 atom stereocenters. The Morgan fingerprint density at radius 1 is 1.13 bits per heavy atom. The van der Waals surface area contributed by atoms with Crippen LogP contribution in [0.25, 0.3) is 0 Å². The van der Waals surface area contributed by atoms with Crippen LogP contribution in [0.2, 0.25) is 0 Å². The number of nitrogens with zero attached hydrogens (tertiary/aromatic N) is 2. The number of benzene rings is 2. The summed E-state index contributed by atoms with van der Waals surface area (Å²) in [6, 6.07) is 14.8. The molecule has 30 heavy (non-hydrogen) atoms. The highest BCUT2D eigenvalue weighted by atomic mass is 32.2. The molecule has 1 aliphatic heterocycles. The van der Waals surface area contributed by atoms with Crippen LogP contribution in [-0.2, 0) is 21.4 Å². The van der Waals surface area contributed by atoms with Crippen LogP contribution in [0.4, 0.5) is 5.69 Å². The molecule has 0 bridgehead atoms. The van der Waals surface area contributed by atoms with Gasteiger partial charge in [0.05, 0.1) is 11.4 Å². The Hall–Kier alpha value is -2.38. The van der Waals surface area contributed by atoms with E-state index in [2.05, 4.69) is 29.3 Å². The van der Waals surface area contributed by atoms with Crippen molar-refractivity contribution in [1.29, 1.82) is 0 Å². The van der Waals surface area contributed by atoms with E-state index in [1.165, 1.54) is 25.6 Å². The van der Waals surface area contributed by atoms with E-state index in [4.69, 9.17) is 0 Å². The summed E-state index contributed by atoms with van der Waals surface area (Å²) in [5, 5.41) is 2.81. The van der Waals surface area contributed by atoms with Crippen LogP contribution < -0.4 is 10.2 Å². The third-order valence-electron chi connectivity index (χ3n) is 5.54. The number of likely N-dealkylation sites (N-methyl/N-ethyl adjacent to an activating group) is 1. The van der Waals surface area contributed by atoms with Crippen LogP contribution in [-0.4, -0.2) is 45.3 Å². The molecule has 0 aliphatic carbocycles. The SMILES string of the molecule is Cc1ccc(S(=O)(=O)N(C)CC(=O)NCc2ccc(N3CCC[C@H](C)C3)cc2)cc1. The summed E-state index contributed by atoms with van der Waals surface area (Å²) in [5.41, 5.74) is 3.18. The molecule has 1 aliphatic rings. The van der Waals surface area contributed by atoms with Crippen molar-refractivity contribution >= 4 is 21.6 Å². The van der Waals surface area contributed by atoms with E-state index in [1.807, 2.05) is 19.1 Å². The van der Waals surface area contributed by atoms with Crippen LogP contribution in [0.15, 0.2) is 53.4 Å². The zero-order chi connectivity index (χ0) is 21.7. The summed E-state index contributed by atoms with van der Waals surface area (Å²) < 4.78 is 26.3. The molecule has 0 saturated carbocycles. The van der Waals surface area contributed by atoms with Gasteiger partial charge in [0, 0.05) is 32.4 Å². The Morgan fingerprint density at radius 3 is 2.43 bits per heavy atom. The molecule has 0 unspecified atom stereocenters. The number of amides is 1. The van der Waals surface area contributed by atoms with Gasteiger partial charge in [0.2, 0.25) is 15.9 Å². The first-order valence-corrected chi connectivity index (χ1v) is 11.8. The number of piperidine rings is 1. The van der Waals surface area contributed by atoms with E-state index in [9.17, 15) is 13.2 Å². The summed E-state index contributed by atoms with van der Waals surface area (Å²) in [4.78, 5) is 14.9.